The molecular weight excluding hydrogens is 228 g/mol. The zero-order chi connectivity index (χ0) is 10.8. The van der Waals surface area contributed by atoms with Gasteiger partial charge in [0.25, 0.3) is 0 Å². The lowest BCUT2D eigenvalue weighted by atomic mass is 9.98. The summed E-state index contributed by atoms with van der Waals surface area (Å²) in [6.07, 6.45) is 1.07. The number of hydrogen-bond donors (Lipinski definition) is 1. The molecule has 1 heterocycles. The Bertz CT molecular complexity index is 381. The minimum atomic E-state index is 0.459. The van der Waals surface area contributed by atoms with Crippen molar-refractivity contribution in [3.8, 4) is 0 Å². The van der Waals surface area contributed by atoms with Crippen molar-refractivity contribution in [3.63, 3.8) is 0 Å². The second kappa shape index (κ2) is 4.37. The summed E-state index contributed by atoms with van der Waals surface area (Å²) in [5.74, 6) is 0.459. The highest BCUT2D eigenvalue weighted by molar-refractivity contribution is 7.80. The third-order valence-corrected chi connectivity index (χ3v) is 3.45. The molecule has 0 bridgehead atoms. The van der Waals surface area contributed by atoms with Crippen molar-refractivity contribution in [2.75, 3.05) is 13.1 Å². The number of hydrogen-bond acceptors (Lipinski definition) is 1. The first-order valence-electron chi connectivity index (χ1n) is 4.97. The fraction of sp³-hybridized carbons (Fsp3) is 0.364. The summed E-state index contributed by atoms with van der Waals surface area (Å²) in [4.78, 5) is 2.03. The van der Waals surface area contributed by atoms with Crippen LogP contribution < -0.4 is 5.73 Å². The van der Waals surface area contributed by atoms with E-state index in [1.165, 1.54) is 5.56 Å². The highest BCUT2D eigenvalue weighted by Crippen LogP contribution is 2.31. The summed E-state index contributed by atoms with van der Waals surface area (Å²) in [5.41, 5.74) is 6.81. The van der Waals surface area contributed by atoms with E-state index in [9.17, 15) is 0 Å². The predicted molar refractivity (Wildman–Crippen MR) is 67.2 cm³/mol. The minimum Gasteiger partial charge on any atom is -0.376 e. The van der Waals surface area contributed by atoms with E-state index in [0.717, 1.165) is 24.5 Å². The Morgan fingerprint density at radius 3 is 2.80 bits per heavy atom. The van der Waals surface area contributed by atoms with Crippen LogP contribution in [0.25, 0.3) is 0 Å². The molecule has 1 aromatic carbocycles. The first-order chi connectivity index (χ1) is 7.18. The van der Waals surface area contributed by atoms with Gasteiger partial charge in [-0.2, -0.15) is 0 Å². The Balaban J connectivity index is 2.14. The van der Waals surface area contributed by atoms with Crippen molar-refractivity contribution in [2.24, 2.45) is 5.73 Å². The van der Waals surface area contributed by atoms with Crippen LogP contribution in [0.5, 0.6) is 0 Å². The first kappa shape index (κ1) is 10.7. The maximum atomic E-state index is 6.15. The number of rotatable bonds is 1. The smallest absolute Gasteiger partial charge is 0.166 e. The van der Waals surface area contributed by atoms with E-state index in [1.807, 2.05) is 23.1 Å². The lowest BCUT2D eigenvalue weighted by Crippen LogP contribution is -2.33. The van der Waals surface area contributed by atoms with Crippen LogP contribution in [-0.2, 0) is 0 Å². The van der Waals surface area contributed by atoms with Crippen molar-refractivity contribution in [1.29, 1.82) is 0 Å². The van der Waals surface area contributed by atoms with Crippen LogP contribution in [0.3, 0.4) is 0 Å². The zero-order valence-corrected chi connectivity index (χ0v) is 9.89. The van der Waals surface area contributed by atoms with Gasteiger partial charge in [-0.1, -0.05) is 29.8 Å². The summed E-state index contributed by atoms with van der Waals surface area (Å²) >= 11 is 11.1. The molecule has 0 radical (unpaired) electrons. The molecule has 1 saturated heterocycles. The zero-order valence-electron chi connectivity index (χ0n) is 8.32. The van der Waals surface area contributed by atoms with Crippen LogP contribution >= 0.6 is 23.8 Å². The van der Waals surface area contributed by atoms with E-state index in [1.54, 1.807) is 0 Å². The third kappa shape index (κ3) is 2.24. The van der Waals surface area contributed by atoms with Gasteiger partial charge in [0.1, 0.15) is 0 Å². The normalized spacial score (nSPS) is 20.6. The molecule has 1 fully saturated rings. The molecule has 2 rings (SSSR count). The quantitative estimate of drug-likeness (QED) is 0.765. The Hall–Kier alpha value is -0.800. The molecule has 1 aromatic rings. The summed E-state index contributed by atoms with van der Waals surface area (Å²) in [6.45, 7) is 1.82. The number of nitrogens with two attached hydrogens (primary N) is 1. The average molecular weight is 241 g/mol. The van der Waals surface area contributed by atoms with Crippen LogP contribution in [0.4, 0.5) is 0 Å². The van der Waals surface area contributed by atoms with Crippen LogP contribution in [0.1, 0.15) is 17.9 Å². The fourth-order valence-electron chi connectivity index (χ4n) is 2.02. The summed E-state index contributed by atoms with van der Waals surface area (Å²) in [7, 11) is 0. The lowest BCUT2D eigenvalue weighted by molar-refractivity contribution is 0.514. The number of benzene rings is 1. The van der Waals surface area contributed by atoms with Gasteiger partial charge in [0, 0.05) is 24.0 Å². The molecular formula is C11H13ClN2S. The van der Waals surface area contributed by atoms with Gasteiger partial charge in [-0.25, -0.2) is 0 Å². The molecule has 0 aliphatic carbocycles. The fourth-order valence-corrected chi connectivity index (χ4v) is 2.48. The van der Waals surface area contributed by atoms with Crippen molar-refractivity contribution in [3.05, 3.63) is 34.9 Å². The Labute approximate surface area is 100 Å². The molecule has 80 valence electrons. The number of likely N-dealkylation sites (tertiary alicyclic amines) is 1. The molecule has 0 amide bonds. The van der Waals surface area contributed by atoms with Crippen LogP contribution in [0.15, 0.2) is 24.3 Å². The largest absolute Gasteiger partial charge is 0.376 e. The van der Waals surface area contributed by atoms with E-state index < -0.39 is 0 Å². The van der Waals surface area contributed by atoms with E-state index in [0.29, 0.717) is 11.0 Å². The van der Waals surface area contributed by atoms with Gasteiger partial charge in [0.05, 0.1) is 0 Å². The summed E-state index contributed by atoms with van der Waals surface area (Å²) < 4.78 is 0. The lowest BCUT2D eigenvalue weighted by Gasteiger charge is -2.16. The van der Waals surface area contributed by atoms with Gasteiger partial charge >= 0.3 is 0 Å². The Morgan fingerprint density at radius 2 is 2.20 bits per heavy atom. The van der Waals surface area contributed by atoms with Gasteiger partial charge in [-0.15, -0.1) is 0 Å². The number of nitrogens with zero attached hydrogens (tertiary/aromatic N) is 1. The summed E-state index contributed by atoms with van der Waals surface area (Å²) in [5, 5.41) is 1.33. The van der Waals surface area contributed by atoms with E-state index in [4.69, 9.17) is 29.6 Å². The molecule has 0 saturated carbocycles. The van der Waals surface area contributed by atoms with Crippen molar-refractivity contribution in [1.82, 2.24) is 4.90 Å². The maximum absolute atomic E-state index is 6.15. The van der Waals surface area contributed by atoms with Gasteiger partial charge in [0.2, 0.25) is 0 Å². The molecule has 4 heteroatoms. The molecule has 15 heavy (non-hydrogen) atoms. The second-order valence-electron chi connectivity index (χ2n) is 3.79. The minimum absolute atomic E-state index is 0.459. The number of halogens is 1. The van der Waals surface area contributed by atoms with Crippen LogP contribution in [0.2, 0.25) is 5.02 Å². The maximum Gasteiger partial charge on any atom is 0.166 e. The molecule has 0 aromatic heterocycles. The molecule has 1 atom stereocenters. The van der Waals surface area contributed by atoms with Crippen molar-refractivity contribution < 1.29 is 0 Å². The highest BCUT2D eigenvalue weighted by atomic mass is 35.5. The SMILES string of the molecule is NC(=S)N1CCC(c2ccccc2Cl)C1. The van der Waals surface area contributed by atoms with Crippen molar-refractivity contribution in [2.45, 2.75) is 12.3 Å². The van der Waals surface area contributed by atoms with Gasteiger partial charge < -0.3 is 10.6 Å². The highest BCUT2D eigenvalue weighted by Gasteiger charge is 2.25. The molecule has 1 aliphatic rings. The van der Waals surface area contributed by atoms with E-state index in [2.05, 4.69) is 6.07 Å². The molecule has 1 aliphatic heterocycles. The Morgan fingerprint density at radius 1 is 1.47 bits per heavy atom. The van der Waals surface area contributed by atoms with E-state index in [-0.39, 0.29) is 0 Å². The molecule has 2 nitrogen and oxygen atoms in total. The van der Waals surface area contributed by atoms with Crippen molar-refractivity contribution >= 4 is 28.9 Å². The standard InChI is InChI=1S/C11H13ClN2S/c12-10-4-2-1-3-9(10)8-5-6-14(7-8)11(13)15/h1-4,8H,5-7H2,(H2,13,15). The molecule has 1 unspecified atom stereocenters. The number of thiocarbonyl (C=S) groups is 1. The monoisotopic (exact) mass is 240 g/mol. The first-order valence-corrected chi connectivity index (χ1v) is 5.76. The topological polar surface area (TPSA) is 29.3 Å². The molecule has 2 N–H and O–H groups in total. The van der Waals surface area contributed by atoms with Crippen LogP contribution in [0, 0.1) is 0 Å². The van der Waals surface area contributed by atoms with Gasteiger partial charge in [-0.3, -0.25) is 0 Å². The average Bonchev–Trinajstić information content (AvgIpc) is 2.67. The summed E-state index contributed by atoms with van der Waals surface area (Å²) in [6, 6.07) is 7.98. The molecule has 0 spiro atoms. The van der Waals surface area contributed by atoms with Crippen LogP contribution in [-0.4, -0.2) is 23.1 Å². The predicted octanol–water partition coefficient (Wildman–Crippen LogP) is 2.37. The Kier molecular flexibility index (Phi) is 3.12. The van der Waals surface area contributed by atoms with E-state index >= 15 is 0 Å². The van der Waals surface area contributed by atoms with Gasteiger partial charge in [-0.05, 0) is 30.3 Å². The third-order valence-electron chi connectivity index (χ3n) is 2.84. The van der Waals surface area contributed by atoms with Gasteiger partial charge in [0.15, 0.2) is 5.11 Å². The second-order valence-corrected chi connectivity index (χ2v) is 4.62.